The number of nitrogens with zero attached hydrogens (tertiary/aromatic N) is 4. The van der Waals surface area contributed by atoms with Crippen molar-refractivity contribution < 1.29 is 4.79 Å². The van der Waals surface area contributed by atoms with Gasteiger partial charge in [0.2, 0.25) is 5.91 Å². The Morgan fingerprint density at radius 3 is 2.71 bits per heavy atom. The second-order valence-corrected chi connectivity index (χ2v) is 10.4. The molecule has 4 aromatic rings. The van der Waals surface area contributed by atoms with Crippen molar-refractivity contribution in [1.29, 1.82) is 0 Å². The predicted octanol–water partition coefficient (Wildman–Crippen LogP) is 5.21. The molecular formula is C27H31N5OS. The molecular weight excluding hydrogens is 442 g/mol. The second kappa shape index (κ2) is 9.66. The summed E-state index contributed by atoms with van der Waals surface area (Å²) in [6.45, 7) is 7.90. The third kappa shape index (κ3) is 4.62. The molecule has 4 heterocycles. The molecule has 1 aliphatic rings. The number of amides is 1. The Bertz CT molecular complexity index is 1310. The molecule has 34 heavy (non-hydrogen) atoms. The first-order valence-electron chi connectivity index (χ1n) is 12.1. The molecule has 6 nitrogen and oxygen atoms in total. The number of aromatic nitrogens is 3. The second-order valence-electron chi connectivity index (χ2n) is 9.43. The normalized spacial score (nSPS) is 15.7. The Labute approximate surface area is 204 Å². The Kier molecular flexibility index (Phi) is 6.46. The molecule has 1 aromatic carbocycles. The number of carbonyl (C=O) groups is 1. The molecule has 1 atom stereocenters. The summed E-state index contributed by atoms with van der Waals surface area (Å²) in [5, 5.41) is 4.38. The lowest BCUT2D eigenvalue weighted by Gasteiger charge is -2.32. The van der Waals surface area contributed by atoms with E-state index in [1.165, 1.54) is 11.1 Å². The standard InChI is InChI=1S/C27H31N5OS/c1-17-15-19(3)31-27-22(17)23-24(34-27)25(29-16-28-23)32-13-11-21(12-14-32)26(33)30-18(2)9-10-20-7-5-4-6-8-20/h4-8,15-16,18,21H,9-14H2,1-3H3,(H,30,33)/t18-/m1/s1. The highest BCUT2D eigenvalue weighted by molar-refractivity contribution is 7.26. The van der Waals surface area contributed by atoms with Gasteiger partial charge in [0.15, 0.2) is 0 Å². The molecule has 0 aliphatic carbocycles. The zero-order valence-corrected chi connectivity index (χ0v) is 20.9. The minimum atomic E-state index is 0.0571. The van der Waals surface area contributed by atoms with Crippen molar-refractivity contribution in [3.63, 3.8) is 0 Å². The highest BCUT2D eigenvalue weighted by atomic mass is 32.1. The molecule has 1 fully saturated rings. The Morgan fingerprint density at radius 1 is 1.18 bits per heavy atom. The van der Waals surface area contributed by atoms with Gasteiger partial charge in [-0.3, -0.25) is 4.79 Å². The number of hydrogen-bond acceptors (Lipinski definition) is 6. The summed E-state index contributed by atoms with van der Waals surface area (Å²) in [5.41, 5.74) is 4.53. The lowest BCUT2D eigenvalue weighted by Crippen LogP contribution is -2.43. The number of benzene rings is 1. The molecule has 176 valence electrons. The van der Waals surface area contributed by atoms with Gasteiger partial charge in [-0.05, 0) is 63.6 Å². The average Bonchev–Trinajstić information content (AvgIpc) is 3.22. The number of aryl methyl sites for hydroxylation is 3. The summed E-state index contributed by atoms with van der Waals surface area (Å²) in [6.07, 6.45) is 5.27. The average molecular weight is 474 g/mol. The van der Waals surface area contributed by atoms with E-state index in [1.54, 1.807) is 17.7 Å². The number of hydrogen-bond donors (Lipinski definition) is 1. The number of thiophene rings is 1. The van der Waals surface area contributed by atoms with Crippen LogP contribution in [0.4, 0.5) is 5.82 Å². The minimum Gasteiger partial charge on any atom is -0.355 e. The van der Waals surface area contributed by atoms with Crippen molar-refractivity contribution in [3.05, 3.63) is 59.5 Å². The molecule has 0 bridgehead atoms. The highest BCUT2D eigenvalue weighted by Crippen LogP contribution is 2.38. The van der Waals surface area contributed by atoms with E-state index in [-0.39, 0.29) is 17.9 Å². The smallest absolute Gasteiger partial charge is 0.223 e. The van der Waals surface area contributed by atoms with Gasteiger partial charge in [0.1, 0.15) is 17.0 Å². The molecule has 3 aromatic heterocycles. The largest absolute Gasteiger partial charge is 0.355 e. The molecule has 1 saturated heterocycles. The van der Waals surface area contributed by atoms with Crippen molar-refractivity contribution in [3.8, 4) is 0 Å². The third-order valence-corrected chi connectivity index (χ3v) is 7.86. The predicted molar refractivity (Wildman–Crippen MR) is 139 cm³/mol. The van der Waals surface area contributed by atoms with E-state index in [1.807, 2.05) is 13.0 Å². The third-order valence-electron chi connectivity index (χ3n) is 6.79. The van der Waals surface area contributed by atoms with Crippen LogP contribution in [0.2, 0.25) is 0 Å². The van der Waals surface area contributed by atoms with E-state index in [2.05, 4.69) is 64.4 Å². The number of nitrogens with one attached hydrogen (secondary N) is 1. The van der Waals surface area contributed by atoms with Crippen LogP contribution in [0.25, 0.3) is 20.4 Å². The number of pyridine rings is 1. The quantitative estimate of drug-likeness (QED) is 0.416. The first-order chi connectivity index (χ1) is 16.5. The first-order valence-corrected chi connectivity index (χ1v) is 12.9. The van der Waals surface area contributed by atoms with Crippen LogP contribution in [0.1, 0.15) is 43.0 Å². The molecule has 1 amide bonds. The molecule has 1 N–H and O–H groups in total. The van der Waals surface area contributed by atoms with Crippen LogP contribution in [0, 0.1) is 19.8 Å². The van der Waals surface area contributed by atoms with E-state index in [4.69, 9.17) is 4.98 Å². The lowest BCUT2D eigenvalue weighted by molar-refractivity contribution is -0.126. The maximum absolute atomic E-state index is 12.9. The van der Waals surface area contributed by atoms with Crippen molar-refractivity contribution >= 4 is 43.5 Å². The fourth-order valence-corrected chi connectivity index (χ4v) is 6.20. The summed E-state index contributed by atoms with van der Waals surface area (Å²) in [5.74, 6) is 1.21. The van der Waals surface area contributed by atoms with Gasteiger partial charge in [-0.15, -0.1) is 11.3 Å². The van der Waals surface area contributed by atoms with Crippen LogP contribution < -0.4 is 10.2 Å². The van der Waals surface area contributed by atoms with Gasteiger partial charge < -0.3 is 10.2 Å². The van der Waals surface area contributed by atoms with Crippen LogP contribution in [0.5, 0.6) is 0 Å². The highest BCUT2D eigenvalue weighted by Gasteiger charge is 2.28. The maximum Gasteiger partial charge on any atom is 0.223 e. The molecule has 0 radical (unpaired) electrons. The molecule has 0 spiro atoms. The van der Waals surface area contributed by atoms with Crippen molar-refractivity contribution in [1.82, 2.24) is 20.3 Å². The monoisotopic (exact) mass is 473 g/mol. The van der Waals surface area contributed by atoms with Crippen LogP contribution >= 0.6 is 11.3 Å². The van der Waals surface area contributed by atoms with Gasteiger partial charge in [-0.25, -0.2) is 15.0 Å². The number of anilines is 1. The van der Waals surface area contributed by atoms with Gasteiger partial charge in [-0.1, -0.05) is 30.3 Å². The van der Waals surface area contributed by atoms with Crippen LogP contribution in [-0.2, 0) is 11.2 Å². The summed E-state index contributed by atoms with van der Waals surface area (Å²) < 4.78 is 1.09. The topological polar surface area (TPSA) is 71.0 Å². The number of rotatable bonds is 6. The van der Waals surface area contributed by atoms with Crippen molar-refractivity contribution in [2.24, 2.45) is 5.92 Å². The summed E-state index contributed by atoms with van der Waals surface area (Å²) >= 11 is 1.67. The minimum absolute atomic E-state index is 0.0571. The fourth-order valence-electron chi connectivity index (χ4n) is 4.94. The van der Waals surface area contributed by atoms with Gasteiger partial charge in [0, 0.05) is 36.1 Å². The number of fused-ring (bicyclic) bond motifs is 3. The van der Waals surface area contributed by atoms with Crippen molar-refractivity contribution in [2.75, 3.05) is 18.0 Å². The van der Waals surface area contributed by atoms with E-state index < -0.39 is 0 Å². The summed E-state index contributed by atoms with van der Waals surface area (Å²) in [4.78, 5) is 30.2. The van der Waals surface area contributed by atoms with Gasteiger partial charge in [0.25, 0.3) is 0 Å². The molecule has 7 heteroatoms. The van der Waals surface area contributed by atoms with Crippen LogP contribution in [0.15, 0.2) is 42.7 Å². The summed E-state index contributed by atoms with van der Waals surface area (Å²) in [7, 11) is 0. The van der Waals surface area contributed by atoms with E-state index in [0.717, 1.165) is 70.7 Å². The lowest BCUT2D eigenvalue weighted by atomic mass is 9.95. The number of carbonyl (C=O) groups excluding carboxylic acids is 1. The van der Waals surface area contributed by atoms with Gasteiger partial charge in [-0.2, -0.15) is 0 Å². The van der Waals surface area contributed by atoms with Gasteiger partial charge >= 0.3 is 0 Å². The molecule has 0 unspecified atom stereocenters. The fraction of sp³-hybridized carbons (Fsp3) is 0.407. The Hall–Kier alpha value is -3.06. The van der Waals surface area contributed by atoms with Crippen LogP contribution in [0.3, 0.4) is 0 Å². The first kappa shape index (κ1) is 22.7. The van der Waals surface area contributed by atoms with Crippen LogP contribution in [-0.4, -0.2) is 40.0 Å². The maximum atomic E-state index is 12.9. The Morgan fingerprint density at radius 2 is 1.94 bits per heavy atom. The summed E-state index contributed by atoms with van der Waals surface area (Å²) in [6, 6.07) is 12.7. The zero-order chi connectivity index (χ0) is 23.7. The van der Waals surface area contributed by atoms with E-state index in [9.17, 15) is 4.79 Å². The molecule has 5 rings (SSSR count). The number of piperidine rings is 1. The zero-order valence-electron chi connectivity index (χ0n) is 20.0. The van der Waals surface area contributed by atoms with E-state index in [0.29, 0.717) is 0 Å². The van der Waals surface area contributed by atoms with Crippen molar-refractivity contribution in [2.45, 2.75) is 52.5 Å². The SMILES string of the molecule is Cc1cc(C)c2c(n1)sc1c(N3CCC(C(=O)N[C@H](C)CCc4ccccc4)CC3)ncnc12. The molecule has 1 aliphatic heterocycles. The Balaban J connectivity index is 1.23. The van der Waals surface area contributed by atoms with E-state index >= 15 is 0 Å². The van der Waals surface area contributed by atoms with Gasteiger partial charge in [0.05, 0.1) is 10.2 Å². The molecule has 0 saturated carbocycles.